The van der Waals surface area contributed by atoms with Gasteiger partial charge < -0.3 is 33.8 Å². The molecule has 3 N–H and O–H groups in total. The number of phosphoric ester groups is 2. The van der Waals surface area contributed by atoms with E-state index in [-0.39, 0.29) is 25.7 Å². The molecule has 100 heavy (non-hydrogen) atoms. The molecule has 568 valence electrons. The van der Waals surface area contributed by atoms with Crippen LogP contribution in [0.5, 0.6) is 0 Å². The fourth-order valence-corrected chi connectivity index (χ4v) is 10.9. The van der Waals surface area contributed by atoms with Crippen LogP contribution in [0.25, 0.3) is 0 Å². The summed E-state index contributed by atoms with van der Waals surface area (Å²) in [6.07, 6.45) is 82.8. The van der Waals surface area contributed by atoms with Crippen LogP contribution in [0.2, 0.25) is 0 Å². The molecule has 0 aromatic rings. The zero-order chi connectivity index (χ0) is 73.2. The molecule has 0 saturated carbocycles. The number of rotatable bonds is 69. The topological polar surface area (TPSA) is 237 Å². The number of carbonyl (C=O) groups is 4. The van der Waals surface area contributed by atoms with E-state index in [0.29, 0.717) is 32.1 Å². The molecular formula is C81H132O17P2. The Bertz CT molecular complexity index is 2520. The first kappa shape index (κ1) is 94.7. The highest BCUT2D eigenvalue weighted by Crippen LogP contribution is 2.45. The van der Waals surface area contributed by atoms with E-state index in [4.69, 9.17) is 37.0 Å². The van der Waals surface area contributed by atoms with Crippen LogP contribution in [-0.4, -0.2) is 96.7 Å². The molecule has 0 aromatic heterocycles. The Morgan fingerprint density at radius 2 is 0.590 bits per heavy atom. The fraction of sp³-hybridized carbons (Fsp3) is 0.630. The first-order valence-electron chi connectivity index (χ1n) is 37.7. The summed E-state index contributed by atoms with van der Waals surface area (Å²) < 4.78 is 68.2. The summed E-state index contributed by atoms with van der Waals surface area (Å²) in [6, 6.07) is 0. The summed E-state index contributed by atoms with van der Waals surface area (Å²) in [5.74, 6) is -2.43. The molecule has 0 spiro atoms. The summed E-state index contributed by atoms with van der Waals surface area (Å²) in [5, 5.41) is 10.6. The van der Waals surface area contributed by atoms with Crippen molar-refractivity contribution in [1.29, 1.82) is 0 Å². The Kier molecular flexibility index (Phi) is 68.2. The van der Waals surface area contributed by atoms with Crippen molar-refractivity contribution in [2.24, 2.45) is 0 Å². The largest absolute Gasteiger partial charge is 0.472 e. The number of aliphatic hydroxyl groups is 1. The molecule has 5 unspecified atom stereocenters. The second-order valence-corrected chi connectivity index (χ2v) is 27.4. The number of phosphoric acid groups is 2. The van der Waals surface area contributed by atoms with Gasteiger partial charge in [-0.15, -0.1) is 0 Å². The molecule has 0 radical (unpaired) electrons. The van der Waals surface area contributed by atoms with Gasteiger partial charge in [0.1, 0.15) is 19.3 Å². The molecule has 0 aliphatic heterocycles. The van der Waals surface area contributed by atoms with E-state index in [0.717, 1.165) is 148 Å². The predicted molar refractivity (Wildman–Crippen MR) is 408 cm³/mol. The summed E-state index contributed by atoms with van der Waals surface area (Å²) in [4.78, 5) is 72.7. The summed E-state index contributed by atoms with van der Waals surface area (Å²) in [7, 11) is -10.0. The van der Waals surface area contributed by atoms with Gasteiger partial charge in [0.15, 0.2) is 12.2 Å². The molecule has 0 aliphatic carbocycles. The van der Waals surface area contributed by atoms with Crippen molar-refractivity contribution in [3.63, 3.8) is 0 Å². The smallest absolute Gasteiger partial charge is 0.462 e. The molecule has 0 rings (SSSR count). The van der Waals surface area contributed by atoms with Crippen molar-refractivity contribution in [1.82, 2.24) is 0 Å². The van der Waals surface area contributed by atoms with Crippen molar-refractivity contribution in [3.8, 4) is 0 Å². The SMILES string of the molecule is CC/C=C\C/C=C\C/C=C\C/C=C\C/C=C\CCCC(=O)OCC(COP(=O)(O)OCC(O)COP(=O)(O)OCC(COC(=O)C/C=C\C/C=C\C/C=C\C/C=C\C/C=C\CC)OC(=O)CCCCCCC/C=C\CCCCCCCC)OC(=O)CCCCCCC/C=C\C/C=C\CCC. The van der Waals surface area contributed by atoms with Gasteiger partial charge in [0.25, 0.3) is 0 Å². The zero-order valence-electron chi connectivity index (χ0n) is 61.8. The highest BCUT2D eigenvalue weighted by Gasteiger charge is 2.30. The lowest BCUT2D eigenvalue weighted by atomic mass is 10.1. The minimum atomic E-state index is -5.01. The zero-order valence-corrected chi connectivity index (χ0v) is 63.6. The van der Waals surface area contributed by atoms with E-state index in [1.165, 1.54) is 38.5 Å². The van der Waals surface area contributed by atoms with Crippen LogP contribution in [0.4, 0.5) is 0 Å². The lowest BCUT2D eigenvalue weighted by Crippen LogP contribution is -2.30. The molecule has 0 bridgehead atoms. The van der Waals surface area contributed by atoms with Crippen LogP contribution in [0.3, 0.4) is 0 Å². The molecular weight excluding hydrogens is 1310 g/mol. The summed E-state index contributed by atoms with van der Waals surface area (Å²) in [6.45, 7) is 4.34. The van der Waals surface area contributed by atoms with E-state index < -0.39 is 97.5 Å². The standard InChI is InChI=1S/C81H132O17P2/c1-5-9-13-17-21-25-29-33-36-37-40-43-46-50-54-58-62-66-79(84)92-71-76(97-80(85)67-63-59-55-51-47-41-32-28-24-20-16-12-8-4)73-95-99(87,88)93-69-75(82)70-94-100(89,90)96-74-77(98-81(86)68-64-60-56-52-48-44-39-35-31-27-23-19-15-11-7-3)72-91-78(83)65-61-57-53-49-45-42-38-34-30-26-22-18-14-10-6-2/h9-10,13-14,16,20-22,25-26,28,32-36,38-40,43,45,49-50,54,57,61,75-77,82H,5-8,11-12,15,17-19,23-24,27,29-31,37,41-42,44,46-48,51-53,55-56,58-60,62-74H2,1-4H3,(H,87,88)(H,89,90)/b13-9-,14-10-,20-16-,25-21-,26-22-,32-28-,36-33-,38-34-,39-35-,43-40-,49-45-,54-50-,61-57-. The molecule has 0 aromatic carbocycles. The van der Waals surface area contributed by atoms with Gasteiger partial charge in [0.05, 0.1) is 32.8 Å². The van der Waals surface area contributed by atoms with Crippen LogP contribution in [0.15, 0.2) is 158 Å². The van der Waals surface area contributed by atoms with Crippen molar-refractivity contribution in [2.75, 3.05) is 39.6 Å². The Labute approximate surface area is 604 Å². The molecule has 0 heterocycles. The molecule has 17 nitrogen and oxygen atoms in total. The van der Waals surface area contributed by atoms with Crippen LogP contribution in [-0.2, 0) is 65.4 Å². The Morgan fingerprint density at radius 3 is 0.970 bits per heavy atom. The number of esters is 4. The highest BCUT2D eigenvalue weighted by molar-refractivity contribution is 7.47. The number of allylic oxidation sites excluding steroid dienone is 25. The van der Waals surface area contributed by atoms with Gasteiger partial charge in [-0.25, -0.2) is 9.13 Å². The minimum absolute atomic E-state index is 0.0590. The average molecular weight is 1440 g/mol. The van der Waals surface area contributed by atoms with Gasteiger partial charge in [-0.1, -0.05) is 263 Å². The summed E-state index contributed by atoms with van der Waals surface area (Å²) in [5.41, 5.74) is 0. The summed E-state index contributed by atoms with van der Waals surface area (Å²) >= 11 is 0. The van der Waals surface area contributed by atoms with E-state index >= 15 is 0 Å². The van der Waals surface area contributed by atoms with Crippen LogP contribution >= 0.6 is 15.6 Å². The third kappa shape index (κ3) is 71.1. The van der Waals surface area contributed by atoms with E-state index in [9.17, 15) is 43.2 Å². The molecule has 5 atom stereocenters. The molecule has 0 fully saturated rings. The third-order valence-corrected chi connectivity index (χ3v) is 16.9. The number of hydrogen-bond acceptors (Lipinski definition) is 15. The first-order valence-corrected chi connectivity index (χ1v) is 40.7. The maximum atomic E-state index is 13.1. The average Bonchev–Trinajstić information content (AvgIpc) is 0.965. The van der Waals surface area contributed by atoms with Gasteiger partial charge in [-0.2, -0.15) is 0 Å². The highest BCUT2D eigenvalue weighted by atomic mass is 31.2. The number of aliphatic hydroxyl groups excluding tert-OH is 1. The number of hydrogen-bond donors (Lipinski definition) is 3. The van der Waals surface area contributed by atoms with Crippen molar-refractivity contribution >= 4 is 39.5 Å². The number of ether oxygens (including phenoxy) is 4. The predicted octanol–water partition coefficient (Wildman–Crippen LogP) is 21.7. The normalized spacial score (nSPS) is 14.8. The molecule has 0 aliphatic rings. The quantitative estimate of drug-likeness (QED) is 0.0169. The van der Waals surface area contributed by atoms with Crippen molar-refractivity contribution in [2.45, 2.75) is 290 Å². The van der Waals surface area contributed by atoms with Gasteiger partial charge >= 0.3 is 39.5 Å². The Morgan fingerprint density at radius 1 is 0.300 bits per heavy atom. The second-order valence-electron chi connectivity index (χ2n) is 24.5. The van der Waals surface area contributed by atoms with E-state index in [1.807, 2.05) is 30.4 Å². The lowest BCUT2D eigenvalue weighted by Gasteiger charge is -2.21. The van der Waals surface area contributed by atoms with E-state index in [1.54, 1.807) is 6.08 Å². The molecule has 19 heteroatoms. The fourth-order valence-electron chi connectivity index (χ4n) is 9.30. The third-order valence-electron chi connectivity index (χ3n) is 15.0. The Hall–Kier alpha value is -5.32. The van der Waals surface area contributed by atoms with Crippen LogP contribution < -0.4 is 0 Å². The molecule has 0 amide bonds. The minimum Gasteiger partial charge on any atom is -0.462 e. The number of carbonyl (C=O) groups excluding carboxylic acids is 4. The van der Waals surface area contributed by atoms with Crippen LogP contribution in [0, 0.1) is 0 Å². The number of unbranched alkanes of at least 4 members (excludes halogenated alkanes) is 18. The maximum absolute atomic E-state index is 13.1. The molecule has 0 saturated heterocycles. The van der Waals surface area contributed by atoms with Crippen LogP contribution in [0.1, 0.15) is 272 Å². The second kappa shape index (κ2) is 72.0. The Balaban J connectivity index is 5.49. The lowest BCUT2D eigenvalue weighted by molar-refractivity contribution is -0.161. The monoisotopic (exact) mass is 1440 g/mol. The van der Waals surface area contributed by atoms with Crippen molar-refractivity contribution < 1.29 is 80.2 Å². The van der Waals surface area contributed by atoms with Crippen molar-refractivity contribution in [3.05, 3.63) is 158 Å². The van der Waals surface area contributed by atoms with Gasteiger partial charge in [-0.05, 0) is 141 Å². The van der Waals surface area contributed by atoms with Gasteiger partial charge in [-0.3, -0.25) is 37.3 Å². The van der Waals surface area contributed by atoms with Gasteiger partial charge in [0.2, 0.25) is 0 Å². The maximum Gasteiger partial charge on any atom is 0.472 e. The van der Waals surface area contributed by atoms with Gasteiger partial charge in [0, 0.05) is 19.3 Å². The van der Waals surface area contributed by atoms with E-state index in [2.05, 4.69) is 149 Å². The first-order chi connectivity index (χ1) is 48.7.